The fourth-order valence-electron chi connectivity index (χ4n) is 3.78. The van der Waals surface area contributed by atoms with Crippen LogP contribution in [0, 0.1) is 0 Å². The number of aromatic nitrogens is 2. The van der Waals surface area contributed by atoms with Gasteiger partial charge in [-0.1, -0.05) is 0 Å². The molecule has 1 atom stereocenters. The maximum Gasteiger partial charge on any atom is 0.219 e. The first-order chi connectivity index (χ1) is 14.7. The third-order valence-electron chi connectivity index (χ3n) is 5.50. The summed E-state index contributed by atoms with van der Waals surface area (Å²) >= 11 is 0. The summed E-state index contributed by atoms with van der Waals surface area (Å²) in [5.74, 6) is 1.97. The van der Waals surface area contributed by atoms with Crippen molar-refractivity contribution in [2.45, 2.75) is 32.4 Å². The van der Waals surface area contributed by atoms with Crippen LogP contribution in [0.5, 0.6) is 5.75 Å². The van der Waals surface area contributed by atoms with Crippen molar-refractivity contribution in [2.75, 3.05) is 31.1 Å². The van der Waals surface area contributed by atoms with E-state index in [1.54, 1.807) is 19.4 Å². The van der Waals surface area contributed by atoms with Gasteiger partial charge in [0, 0.05) is 57.6 Å². The number of hydrogen-bond donors (Lipinski definition) is 0. The van der Waals surface area contributed by atoms with Crippen LogP contribution < -0.4 is 9.64 Å². The molecule has 0 N–H and O–H groups in total. The highest BCUT2D eigenvalue weighted by Crippen LogP contribution is 2.23. The zero-order valence-corrected chi connectivity index (χ0v) is 17.3. The van der Waals surface area contributed by atoms with Gasteiger partial charge in [-0.3, -0.25) is 4.79 Å². The smallest absolute Gasteiger partial charge is 0.219 e. The zero-order valence-electron chi connectivity index (χ0n) is 17.3. The lowest BCUT2D eigenvalue weighted by Gasteiger charge is -2.35. The van der Waals surface area contributed by atoms with Gasteiger partial charge in [0.1, 0.15) is 17.6 Å². The average molecular weight is 409 g/mol. The molecule has 1 unspecified atom stereocenters. The Labute approximate surface area is 176 Å². The highest BCUT2D eigenvalue weighted by molar-refractivity contribution is 5.73. The van der Waals surface area contributed by atoms with E-state index in [0.29, 0.717) is 0 Å². The summed E-state index contributed by atoms with van der Waals surface area (Å²) in [6.07, 6.45) is 8.93. The largest absolute Gasteiger partial charge is 0.489 e. The Morgan fingerprint density at radius 3 is 2.60 bits per heavy atom. The molecule has 0 saturated carbocycles. The second-order valence-corrected chi connectivity index (χ2v) is 7.60. The molecule has 2 aromatic heterocycles. The van der Waals surface area contributed by atoms with Gasteiger partial charge in [-0.25, -0.2) is 4.98 Å². The van der Waals surface area contributed by atoms with Crippen molar-refractivity contribution >= 4 is 11.6 Å². The first-order valence-corrected chi connectivity index (χ1v) is 10.4. The molecule has 158 valence electrons. The molecule has 0 radical (unpaired) electrons. The fraction of sp³-hybridized carbons (Fsp3) is 0.391. The van der Waals surface area contributed by atoms with Crippen LogP contribution in [-0.4, -0.2) is 52.6 Å². The zero-order chi connectivity index (χ0) is 20.8. The number of imidazole rings is 1. The van der Waals surface area contributed by atoms with E-state index < -0.39 is 0 Å². The number of hydrogen-bond acceptors (Lipinski definition) is 5. The van der Waals surface area contributed by atoms with Gasteiger partial charge < -0.3 is 23.5 Å². The molecule has 1 fully saturated rings. The number of furan rings is 1. The summed E-state index contributed by atoms with van der Waals surface area (Å²) < 4.78 is 13.8. The molecule has 7 nitrogen and oxygen atoms in total. The van der Waals surface area contributed by atoms with Crippen molar-refractivity contribution < 1.29 is 13.9 Å². The SMILES string of the molecule is CC(=O)N1CCN(c2ccc(OC(CCc3ccco3)Cn3ccnc3)cc2)CC1. The number of nitrogens with zero attached hydrogens (tertiary/aromatic N) is 4. The van der Waals surface area contributed by atoms with E-state index in [1.807, 2.05) is 46.3 Å². The highest BCUT2D eigenvalue weighted by atomic mass is 16.5. The minimum Gasteiger partial charge on any atom is -0.489 e. The quantitative estimate of drug-likeness (QED) is 0.573. The molecule has 3 aromatic rings. The first kappa shape index (κ1) is 20.1. The van der Waals surface area contributed by atoms with Crippen molar-refractivity contribution in [1.29, 1.82) is 0 Å². The average Bonchev–Trinajstić information content (AvgIpc) is 3.47. The van der Waals surface area contributed by atoms with Crippen LogP contribution in [-0.2, 0) is 17.8 Å². The normalized spacial score (nSPS) is 15.2. The predicted molar refractivity (Wildman–Crippen MR) is 115 cm³/mol. The van der Waals surface area contributed by atoms with Gasteiger partial charge in [0.15, 0.2) is 0 Å². The summed E-state index contributed by atoms with van der Waals surface area (Å²) in [4.78, 5) is 19.8. The molecular weight excluding hydrogens is 380 g/mol. The second-order valence-electron chi connectivity index (χ2n) is 7.60. The van der Waals surface area contributed by atoms with Gasteiger partial charge in [-0.15, -0.1) is 0 Å². The monoisotopic (exact) mass is 408 g/mol. The molecule has 1 aromatic carbocycles. The number of aryl methyl sites for hydroxylation is 1. The Bertz CT molecular complexity index is 899. The molecule has 30 heavy (non-hydrogen) atoms. The minimum absolute atomic E-state index is 0.00858. The Morgan fingerprint density at radius 1 is 1.17 bits per heavy atom. The number of anilines is 1. The van der Waals surface area contributed by atoms with Crippen LogP contribution in [0.4, 0.5) is 5.69 Å². The van der Waals surface area contributed by atoms with Gasteiger partial charge in [0.05, 0.1) is 19.1 Å². The minimum atomic E-state index is 0.00858. The molecule has 0 bridgehead atoms. The lowest BCUT2D eigenvalue weighted by Crippen LogP contribution is -2.48. The van der Waals surface area contributed by atoms with Crippen LogP contribution in [0.3, 0.4) is 0 Å². The first-order valence-electron chi connectivity index (χ1n) is 10.4. The van der Waals surface area contributed by atoms with Crippen LogP contribution in [0.2, 0.25) is 0 Å². The molecule has 0 aliphatic carbocycles. The number of carbonyl (C=O) groups is 1. The molecule has 4 rings (SSSR count). The van der Waals surface area contributed by atoms with Gasteiger partial charge in [-0.2, -0.15) is 0 Å². The molecule has 1 aliphatic heterocycles. The van der Waals surface area contributed by atoms with Crippen LogP contribution in [0.1, 0.15) is 19.1 Å². The Kier molecular flexibility index (Phi) is 6.37. The van der Waals surface area contributed by atoms with Gasteiger partial charge in [-0.05, 0) is 42.8 Å². The molecule has 7 heteroatoms. The summed E-state index contributed by atoms with van der Waals surface area (Å²) in [6, 6.07) is 12.2. The standard InChI is InChI=1S/C23H28N4O3/c1-19(28)26-12-14-27(15-13-26)20-4-6-22(7-5-20)30-23(17-25-11-10-24-18-25)9-8-21-3-2-16-29-21/h2-7,10-11,16,18,23H,8-9,12-15,17H2,1H3. The topological polar surface area (TPSA) is 63.7 Å². The number of benzene rings is 1. The van der Waals surface area contributed by atoms with Gasteiger partial charge in [0.25, 0.3) is 0 Å². The van der Waals surface area contributed by atoms with Crippen molar-refractivity contribution in [3.8, 4) is 5.75 Å². The third-order valence-corrected chi connectivity index (χ3v) is 5.50. The lowest BCUT2D eigenvalue weighted by atomic mass is 10.1. The Balaban J connectivity index is 1.36. The number of carbonyl (C=O) groups excluding carboxylic acids is 1. The van der Waals surface area contributed by atoms with Crippen molar-refractivity contribution in [3.05, 3.63) is 67.1 Å². The summed E-state index contributed by atoms with van der Waals surface area (Å²) in [6.45, 7) is 5.61. The molecule has 0 spiro atoms. The summed E-state index contributed by atoms with van der Waals surface area (Å²) in [5.41, 5.74) is 1.16. The Morgan fingerprint density at radius 2 is 1.97 bits per heavy atom. The van der Waals surface area contributed by atoms with Gasteiger partial charge in [0.2, 0.25) is 5.91 Å². The maximum atomic E-state index is 11.5. The van der Waals surface area contributed by atoms with E-state index in [4.69, 9.17) is 9.15 Å². The van der Waals surface area contributed by atoms with E-state index in [-0.39, 0.29) is 12.0 Å². The van der Waals surface area contributed by atoms with Crippen LogP contribution >= 0.6 is 0 Å². The number of piperazine rings is 1. The van der Waals surface area contributed by atoms with Crippen molar-refractivity contribution in [2.24, 2.45) is 0 Å². The van der Waals surface area contributed by atoms with E-state index in [1.165, 1.54) is 0 Å². The highest BCUT2D eigenvalue weighted by Gasteiger charge is 2.19. The maximum absolute atomic E-state index is 11.5. The van der Waals surface area contributed by atoms with Crippen LogP contribution in [0.25, 0.3) is 0 Å². The van der Waals surface area contributed by atoms with Crippen molar-refractivity contribution in [3.63, 3.8) is 0 Å². The van der Waals surface area contributed by atoms with Gasteiger partial charge >= 0.3 is 0 Å². The summed E-state index contributed by atoms with van der Waals surface area (Å²) in [5, 5.41) is 0. The van der Waals surface area contributed by atoms with E-state index in [2.05, 4.69) is 22.0 Å². The molecule has 1 amide bonds. The third kappa shape index (κ3) is 5.23. The predicted octanol–water partition coefficient (Wildman–Crippen LogP) is 3.23. The molecule has 3 heterocycles. The van der Waals surface area contributed by atoms with E-state index >= 15 is 0 Å². The number of ether oxygens (including phenoxy) is 1. The van der Waals surface area contributed by atoms with E-state index in [0.717, 1.165) is 62.8 Å². The van der Waals surface area contributed by atoms with Crippen molar-refractivity contribution in [1.82, 2.24) is 14.5 Å². The van der Waals surface area contributed by atoms with Crippen LogP contribution in [0.15, 0.2) is 65.8 Å². The Hall–Kier alpha value is -3.22. The van der Waals surface area contributed by atoms with E-state index in [9.17, 15) is 4.79 Å². The lowest BCUT2D eigenvalue weighted by molar-refractivity contribution is -0.129. The summed E-state index contributed by atoms with van der Waals surface area (Å²) in [7, 11) is 0. The molecule has 1 saturated heterocycles. The molecular formula is C23H28N4O3. The number of amides is 1. The fourth-order valence-corrected chi connectivity index (χ4v) is 3.78. The molecule has 1 aliphatic rings. The second kappa shape index (κ2) is 9.52. The number of rotatable bonds is 8.